The maximum atomic E-state index is 5.78. The van der Waals surface area contributed by atoms with Gasteiger partial charge >= 0.3 is 0 Å². The predicted octanol–water partition coefficient (Wildman–Crippen LogP) is 2.00. The number of ether oxygens (including phenoxy) is 1. The predicted molar refractivity (Wildman–Crippen MR) is 64.4 cm³/mol. The van der Waals surface area contributed by atoms with Crippen LogP contribution in [0.15, 0.2) is 30.3 Å². The van der Waals surface area contributed by atoms with Gasteiger partial charge in [0.1, 0.15) is 0 Å². The van der Waals surface area contributed by atoms with Gasteiger partial charge in [0.05, 0.1) is 5.60 Å². The van der Waals surface area contributed by atoms with E-state index >= 15 is 0 Å². The minimum atomic E-state index is 0.115. The summed E-state index contributed by atoms with van der Waals surface area (Å²) < 4.78 is 5.78. The highest BCUT2D eigenvalue weighted by atomic mass is 16.5. The summed E-state index contributed by atoms with van der Waals surface area (Å²) in [6.45, 7) is 2.37. The Morgan fingerprint density at radius 3 is 2.38 bits per heavy atom. The van der Waals surface area contributed by atoms with Crippen molar-refractivity contribution >= 4 is 0 Å². The number of nitrogens with one attached hydrogen (secondary N) is 1. The zero-order valence-electron chi connectivity index (χ0n) is 9.83. The lowest BCUT2D eigenvalue weighted by Gasteiger charge is -2.60. The SMILES string of the molecule is COC1(Cc2ccccc2)CC2(CNC2)C1. The molecule has 86 valence electrons. The Kier molecular flexibility index (Phi) is 2.30. The van der Waals surface area contributed by atoms with Gasteiger partial charge in [-0.3, -0.25) is 0 Å². The Labute approximate surface area is 97.0 Å². The van der Waals surface area contributed by atoms with Crippen LogP contribution >= 0.6 is 0 Å². The Bertz CT molecular complexity index is 362. The van der Waals surface area contributed by atoms with Crippen molar-refractivity contribution in [3.8, 4) is 0 Å². The van der Waals surface area contributed by atoms with Crippen LogP contribution in [0.1, 0.15) is 18.4 Å². The zero-order valence-corrected chi connectivity index (χ0v) is 9.83. The monoisotopic (exact) mass is 217 g/mol. The van der Waals surface area contributed by atoms with Crippen molar-refractivity contribution in [3.05, 3.63) is 35.9 Å². The van der Waals surface area contributed by atoms with E-state index in [4.69, 9.17) is 4.74 Å². The minimum absolute atomic E-state index is 0.115. The van der Waals surface area contributed by atoms with E-state index in [1.807, 2.05) is 7.11 Å². The second-order valence-electron chi connectivity index (χ2n) is 5.51. The molecule has 1 aliphatic carbocycles. The molecule has 2 nitrogen and oxygen atoms in total. The molecule has 0 unspecified atom stereocenters. The molecule has 1 saturated carbocycles. The Balaban J connectivity index is 1.69. The first kappa shape index (κ1) is 10.3. The maximum Gasteiger partial charge on any atom is 0.0731 e. The van der Waals surface area contributed by atoms with E-state index < -0.39 is 0 Å². The number of methoxy groups -OCH3 is 1. The van der Waals surface area contributed by atoms with Gasteiger partial charge in [0.15, 0.2) is 0 Å². The molecule has 2 aliphatic rings. The van der Waals surface area contributed by atoms with Crippen LogP contribution in [-0.2, 0) is 11.2 Å². The summed E-state index contributed by atoms with van der Waals surface area (Å²) in [5.41, 5.74) is 2.08. The summed E-state index contributed by atoms with van der Waals surface area (Å²) in [5, 5.41) is 3.37. The molecule has 1 N–H and O–H groups in total. The maximum absolute atomic E-state index is 5.78. The number of hydrogen-bond donors (Lipinski definition) is 1. The topological polar surface area (TPSA) is 21.3 Å². The summed E-state index contributed by atoms with van der Waals surface area (Å²) >= 11 is 0. The molecular formula is C14H19NO. The lowest BCUT2D eigenvalue weighted by Crippen LogP contribution is -2.67. The van der Waals surface area contributed by atoms with Crippen LogP contribution in [0.3, 0.4) is 0 Å². The molecule has 1 aromatic rings. The van der Waals surface area contributed by atoms with Gasteiger partial charge in [-0.05, 0) is 18.4 Å². The average Bonchev–Trinajstić information content (AvgIpc) is 2.22. The fourth-order valence-corrected chi connectivity index (χ4v) is 3.35. The summed E-state index contributed by atoms with van der Waals surface area (Å²) in [6, 6.07) is 10.7. The van der Waals surface area contributed by atoms with E-state index in [0.717, 1.165) is 6.42 Å². The van der Waals surface area contributed by atoms with Crippen LogP contribution in [0.2, 0.25) is 0 Å². The van der Waals surface area contributed by atoms with Crippen molar-refractivity contribution in [3.63, 3.8) is 0 Å². The van der Waals surface area contributed by atoms with Gasteiger partial charge in [-0.1, -0.05) is 30.3 Å². The van der Waals surface area contributed by atoms with E-state index in [1.165, 1.54) is 31.5 Å². The van der Waals surface area contributed by atoms with Gasteiger partial charge in [-0.25, -0.2) is 0 Å². The highest BCUT2D eigenvalue weighted by molar-refractivity contribution is 5.21. The Morgan fingerprint density at radius 1 is 1.19 bits per heavy atom. The highest BCUT2D eigenvalue weighted by Gasteiger charge is 2.57. The molecule has 16 heavy (non-hydrogen) atoms. The third-order valence-corrected chi connectivity index (χ3v) is 4.20. The van der Waals surface area contributed by atoms with Crippen molar-refractivity contribution in [1.29, 1.82) is 0 Å². The van der Waals surface area contributed by atoms with Gasteiger partial charge in [-0.2, -0.15) is 0 Å². The molecule has 1 aliphatic heterocycles. The summed E-state index contributed by atoms with van der Waals surface area (Å²) in [5.74, 6) is 0. The molecule has 2 heteroatoms. The van der Waals surface area contributed by atoms with Gasteiger partial charge < -0.3 is 10.1 Å². The van der Waals surface area contributed by atoms with E-state index in [-0.39, 0.29) is 5.60 Å². The number of rotatable bonds is 3. The standard InChI is InChI=1S/C14H19NO/c1-16-14(7-12-5-3-2-4-6-12)8-13(9-14)10-15-11-13/h2-6,15H,7-11H2,1H3. The molecular weight excluding hydrogens is 198 g/mol. The first-order valence-electron chi connectivity index (χ1n) is 6.06. The summed E-state index contributed by atoms with van der Waals surface area (Å²) in [6.07, 6.45) is 3.50. The van der Waals surface area contributed by atoms with Crippen molar-refractivity contribution in [1.82, 2.24) is 5.32 Å². The van der Waals surface area contributed by atoms with Crippen LogP contribution in [0.5, 0.6) is 0 Å². The second-order valence-corrected chi connectivity index (χ2v) is 5.51. The molecule has 1 aromatic carbocycles. The minimum Gasteiger partial charge on any atom is -0.378 e. The van der Waals surface area contributed by atoms with E-state index in [0.29, 0.717) is 5.41 Å². The Hall–Kier alpha value is -0.860. The second kappa shape index (κ2) is 3.57. The van der Waals surface area contributed by atoms with E-state index in [1.54, 1.807) is 0 Å². The van der Waals surface area contributed by atoms with Crippen LogP contribution in [0, 0.1) is 5.41 Å². The van der Waals surface area contributed by atoms with Crippen molar-refractivity contribution in [2.45, 2.75) is 24.9 Å². The quantitative estimate of drug-likeness (QED) is 0.836. The van der Waals surface area contributed by atoms with Crippen LogP contribution < -0.4 is 5.32 Å². The van der Waals surface area contributed by atoms with Crippen molar-refractivity contribution in [2.75, 3.05) is 20.2 Å². The summed E-state index contributed by atoms with van der Waals surface area (Å²) in [4.78, 5) is 0. The van der Waals surface area contributed by atoms with E-state index in [9.17, 15) is 0 Å². The van der Waals surface area contributed by atoms with Crippen LogP contribution in [0.25, 0.3) is 0 Å². The number of benzene rings is 1. The third-order valence-electron chi connectivity index (χ3n) is 4.20. The molecule has 0 bridgehead atoms. The molecule has 0 aromatic heterocycles. The summed E-state index contributed by atoms with van der Waals surface area (Å²) in [7, 11) is 1.86. The van der Waals surface area contributed by atoms with Crippen molar-refractivity contribution < 1.29 is 4.74 Å². The lowest BCUT2D eigenvalue weighted by atomic mass is 9.54. The highest BCUT2D eigenvalue weighted by Crippen LogP contribution is 2.53. The lowest BCUT2D eigenvalue weighted by molar-refractivity contribution is -0.168. The average molecular weight is 217 g/mol. The van der Waals surface area contributed by atoms with Crippen LogP contribution in [-0.4, -0.2) is 25.8 Å². The molecule has 1 saturated heterocycles. The van der Waals surface area contributed by atoms with E-state index in [2.05, 4.69) is 35.6 Å². The largest absolute Gasteiger partial charge is 0.378 e. The fourth-order valence-electron chi connectivity index (χ4n) is 3.35. The molecule has 3 rings (SSSR count). The van der Waals surface area contributed by atoms with Gasteiger partial charge in [-0.15, -0.1) is 0 Å². The molecule has 1 heterocycles. The fraction of sp³-hybridized carbons (Fsp3) is 0.571. The van der Waals surface area contributed by atoms with Gasteiger partial charge in [0.2, 0.25) is 0 Å². The first-order valence-corrected chi connectivity index (χ1v) is 6.06. The molecule has 0 radical (unpaired) electrons. The van der Waals surface area contributed by atoms with Gasteiger partial charge in [0.25, 0.3) is 0 Å². The first-order chi connectivity index (χ1) is 7.76. The normalized spacial score (nSPS) is 24.8. The molecule has 0 atom stereocenters. The third kappa shape index (κ3) is 1.57. The molecule has 0 amide bonds. The number of hydrogen-bond acceptors (Lipinski definition) is 2. The smallest absolute Gasteiger partial charge is 0.0731 e. The molecule has 2 fully saturated rings. The zero-order chi connectivity index (χ0) is 11.1. The van der Waals surface area contributed by atoms with Crippen LogP contribution in [0.4, 0.5) is 0 Å². The molecule has 1 spiro atoms. The van der Waals surface area contributed by atoms with Crippen molar-refractivity contribution in [2.24, 2.45) is 5.41 Å². The Morgan fingerprint density at radius 2 is 1.88 bits per heavy atom. The van der Waals surface area contributed by atoms with Gasteiger partial charge in [0, 0.05) is 32.0 Å².